The zero-order chi connectivity index (χ0) is 20.8. The molecule has 0 aliphatic carbocycles. The standard InChI is InChI=1S/C25H29N3OS/c1-20(23-13-8-18-30-23)26-19-24(29)27-14-16-28(17-15-27)25(21-9-4-2-5-10-21)22-11-6-3-7-12-22/h2-13,18,20,25-26H,14-17,19H2,1H3/t20-/m0/s1. The molecule has 30 heavy (non-hydrogen) atoms. The molecule has 3 aromatic rings. The van der Waals surface area contributed by atoms with Crippen molar-refractivity contribution in [3.8, 4) is 0 Å². The highest BCUT2D eigenvalue weighted by Crippen LogP contribution is 2.29. The van der Waals surface area contributed by atoms with E-state index < -0.39 is 0 Å². The molecule has 156 valence electrons. The highest BCUT2D eigenvalue weighted by atomic mass is 32.1. The maximum Gasteiger partial charge on any atom is 0.236 e. The zero-order valence-corrected chi connectivity index (χ0v) is 18.2. The van der Waals surface area contributed by atoms with E-state index in [2.05, 4.69) is 95.3 Å². The monoisotopic (exact) mass is 419 g/mol. The average Bonchev–Trinajstić information content (AvgIpc) is 3.35. The first-order valence-corrected chi connectivity index (χ1v) is 11.5. The van der Waals surface area contributed by atoms with Gasteiger partial charge in [-0.2, -0.15) is 0 Å². The van der Waals surface area contributed by atoms with Gasteiger partial charge in [0, 0.05) is 37.1 Å². The number of nitrogens with zero attached hydrogens (tertiary/aromatic N) is 2. The molecule has 5 heteroatoms. The molecule has 0 bridgehead atoms. The van der Waals surface area contributed by atoms with Crippen LogP contribution in [0.15, 0.2) is 78.2 Å². The molecular formula is C25H29N3OS. The van der Waals surface area contributed by atoms with Crippen LogP contribution in [-0.2, 0) is 4.79 Å². The Bertz CT molecular complexity index is 867. The molecule has 1 saturated heterocycles. The summed E-state index contributed by atoms with van der Waals surface area (Å²) in [7, 11) is 0. The Labute approximate surface area is 183 Å². The van der Waals surface area contributed by atoms with E-state index in [0.717, 1.165) is 26.2 Å². The lowest BCUT2D eigenvalue weighted by molar-refractivity contribution is -0.132. The lowest BCUT2D eigenvalue weighted by atomic mass is 9.96. The third-order valence-electron chi connectivity index (χ3n) is 5.79. The molecule has 2 aromatic carbocycles. The highest BCUT2D eigenvalue weighted by Gasteiger charge is 2.28. The Morgan fingerprint density at radius 3 is 2.03 bits per heavy atom. The van der Waals surface area contributed by atoms with Crippen LogP contribution in [0.5, 0.6) is 0 Å². The topological polar surface area (TPSA) is 35.6 Å². The van der Waals surface area contributed by atoms with Crippen LogP contribution in [0, 0.1) is 0 Å². The number of hydrogen-bond donors (Lipinski definition) is 1. The van der Waals surface area contributed by atoms with Gasteiger partial charge in [-0.3, -0.25) is 9.69 Å². The SMILES string of the molecule is C[C@H](NCC(=O)N1CCN(C(c2ccccc2)c2ccccc2)CC1)c1cccs1. The molecule has 0 radical (unpaired) electrons. The molecule has 4 rings (SSSR count). The smallest absolute Gasteiger partial charge is 0.236 e. The van der Waals surface area contributed by atoms with Gasteiger partial charge >= 0.3 is 0 Å². The Kier molecular flexibility index (Phi) is 6.95. The first-order valence-electron chi connectivity index (χ1n) is 10.6. The van der Waals surface area contributed by atoms with E-state index in [1.54, 1.807) is 11.3 Å². The summed E-state index contributed by atoms with van der Waals surface area (Å²) >= 11 is 1.72. The molecule has 0 spiro atoms. The van der Waals surface area contributed by atoms with Crippen LogP contribution in [0.2, 0.25) is 0 Å². The van der Waals surface area contributed by atoms with Crippen molar-refractivity contribution in [1.29, 1.82) is 0 Å². The predicted octanol–water partition coefficient (Wildman–Crippen LogP) is 4.33. The molecule has 2 heterocycles. The van der Waals surface area contributed by atoms with Gasteiger partial charge in [0.1, 0.15) is 0 Å². The summed E-state index contributed by atoms with van der Waals surface area (Å²) in [5.41, 5.74) is 2.60. The second-order valence-corrected chi connectivity index (χ2v) is 8.74. The van der Waals surface area contributed by atoms with Crippen LogP contribution in [0.1, 0.15) is 35.0 Å². The molecule has 1 aliphatic heterocycles. The van der Waals surface area contributed by atoms with Gasteiger partial charge in [0.2, 0.25) is 5.91 Å². The Balaban J connectivity index is 1.37. The van der Waals surface area contributed by atoms with E-state index in [9.17, 15) is 4.79 Å². The largest absolute Gasteiger partial charge is 0.339 e. The summed E-state index contributed by atoms with van der Waals surface area (Å²) in [4.78, 5) is 18.5. The van der Waals surface area contributed by atoms with E-state index in [1.165, 1.54) is 16.0 Å². The maximum absolute atomic E-state index is 12.7. The molecule has 0 saturated carbocycles. The zero-order valence-electron chi connectivity index (χ0n) is 17.4. The highest BCUT2D eigenvalue weighted by molar-refractivity contribution is 7.10. The van der Waals surface area contributed by atoms with Gasteiger partial charge in [-0.1, -0.05) is 66.7 Å². The second-order valence-electron chi connectivity index (χ2n) is 7.76. The number of hydrogen-bond acceptors (Lipinski definition) is 4. The van der Waals surface area contributed by atoms with Gasteiger partial charge in [-0.05, 0) is 29.5 Å². The van der Waals surface area contributed by atoms with Crippen LogP contribution in [0.3, 0.4) is 0 Å². The summed E-state index contributed by atoms with van der Waals surface area (Å²) in [5, 5.41) is 5.45. The molecule has 1 aliphatic rings. The van der Waals surface area contributed by atoms with Gasteiger partial charge in [-0.25, -0.2) is 0 Å². The van der Waals surface area contributed by atoms with Crippen molar-refractivity contribution in [2.75, 3.05) is 32.7 Å². The fourth-order valence-corrected chi connectivity index (χ4v) is 4.86. The lowest BCUT2D eigenvalue weighted by Gasteiger charge is -2.40. The molecule has 1 aromatic heterocycles. The molecule has 1 amide bonds. The van der Waals surface area contributed by atoms with Crippen molar-refractivity contribution in [3.63, 3.8) is 0 Å². The summed E-state index contributed by atoms with van der Waals surface area (Å²) < 4.78 is 0. The second kappa shape index (κ2) is 10.0. The van der Waals surface area contributed by atoms with E-state index in [-0.39, 0.29) is 18.0 Å². The molecule has 1 fully saturated rings. The van der Waals surface area contributed by atoms with Crippen molar-refractivity contribution in [1.82, 2.24) is 15.1 Å². The first-order chi connectivity index (χ1) is 14.7. The van der Waals surface area contributed by atoms with E-state index >= 15 is 0 Å². The van der Waals surface area contributed by atoms with Gasteiger partial charge < -0.3 is 10.2 Å². The number of piperazine rings is 1. The van der Waals surface area contributed by atoms with Crippen molar-refractivity contribution in [2.24, 2.45) is 0 Å². The van der Waals surface area contributed by atoms with Gasteiger partial charge in [0.15, 0.2) is 0 Å². The first kappa shape index (κ1) is 20.8. The van der Waals surface area contributed by atoms with Gasteiger partial charge in [-0.15, -0.1) is 11.3 Å². The van der Waals surface area contributed by atoms with E-state index in [0.29, 0.717) is 6.54 Å². The fourth-order valence-electron chi connectivity index (χ4n) is 4.10. The maximum atomic E-state index is 12.7. The van der Waals surface area contributed by atoms with Crippen LogP contribution >= 0.6 is 11.3 Å². The Hall–Kier alpha value is -2.47. The third kappa shape index (κ3) is 4.98. The van der Waals surface area contributed by atoms with Crippen molar-refractivity contribution < 1.29 is 4.79 Å². The summed E-state index contributed by atoms with van der Waals surface area (Å²) in [6.07, 6.45) is 0. The van der Waals surface area contributed by atoms with E-state index in [1.807, 2.05) is 4.90 Å². The summed E-state index contributed by atoms with van der Waals surface area (Å²) in [6, 6.07) is 25.9. The fraction of sp³-hybridized carbons (Fsp3) is 0.320. The number of thiophene rings is 1. The molecule has 4 nitrogen and oxygen atoms in total. The van der Waals surface area contributed by atoms with Crippen LogP contribution in [-0.4, -0.2) is 48.4 Å². The number of carbonyl (C=O) groups is 1. The normalized spacial score (nSPS) is 16.0. The van der Waals surface area contributed by atoms with Gasteiger partial charge in [0.25, 0.3) is 0 Å². The van der Waals surface area contributed by atoms with Crippen molar-refractivity contribution in [3.05, 3.63) is 94.2 Å². The van der Waals surface area contributed by atoms with Gasteiger partial charge in [0.05, 0.1) is 12.6 Å². The number of rotatable bonds is 7. The molecule has 1 atom stereocenters. The summed E-state index contributed by atoms with van der Waals surface area (Å²) in [5.74, 6) is 0.189. The van der Waals surface area contributed by atoms with Crippen molar-refractivity contribution >= 4 is 17.2 Å². The quantitative estimate of drug-likeness (QED) is 0.619. The number of benzene rings is 2. The average molecular weight is 420 g/mol. The minimum atomic E-state index is 0.189. The number of nitrogens with one attached hydrogen (secondary N) is 1. The minimum Gasteiger partial charge on any atom is -0.339 e. The third-order valence-corrected chi connectivity index (χ3v) is 6.85. The summed E-state index contributed by atoms with van der Waals surface area (Å²) in [6.45, 7) is 5.79. The predicted molar refractivity (Wildman–Crippen MR) is 124 cm³/mol. The molecule has 1 N–H and O–H groups in total. The lowest BCUT2D eigenvalue weighted by Crippen LogP contribution is -2.51. The van der Waals surface area contributed by atoms with Crippen molar-refractivity contribution in [2.45, 2.75) is 19.0 Å². The molecule has 0 unspecified atom stereocenters. The van der Waals surface area contributed by atoms with Crippen LogP contribution in [0.25, 0.3) is 0 Å². The number of carbonyl (C=O) groups excluding carboxylic acids is 1. The van der Waals surface area contributed by atoms with Crippen LogP contribution < -0.4 is 5.32 Å². The minimum absolute atomic E-state index is 0.189. The van der Waals surface area contributed by atoms with E-state index in [4.69, 9.17) is 0 Å². The number of amides is 1. The molecular weight excluding hydrogens is 390 g/mol. The Morgan fingerprint density at radius 1 is 0.900 bits per heavy atom. The van der Waals surface area contributed by atoms with Crippen LogP contribution in [0.4, 0.5) is 0 Å². The Morgan fingerprint density at radius 2 is 1.50 bits per heavy atom.